The molecule has 0 saturated carbocycles. The minimum absolute atomic E-state index is 0.0738. The number of amides is 1. The Bertz CT molecular complexity index is 1110. The van der Waals surface area contributed by atoms with Crippen molar-refractivity contribution < 1.29 is 15.0 Å². The third kappa shape index (κ3) is 48.6. The van der Waals surface area contributed by atoms with Crippen molar-refractivity contribution in [1.82, 2.24) is 5.32 Å². The fourth-order valence-corrected chi connectivity index (χ4v) is 7.81. The number of hydrogen-bond donors (Lipinski definition) is 3. The minimum atomic E-state index is -0.863. The zero-order valence-corrected chi connectivity index (χ0v) is 41.1. The van der Waals surface area contributed by atoms with Gasteiger partial charge in [-0.25, -0.2) is 0 Å². The molecular weight excluding hydrogens is 759 g/mol. The summed E-state index contributed by atoms with van der Waals surface area (Å²) in [6.45, 7) is 4.18. The Kier molecular flexibility index (Phi) is 50.8. The Morgan fingerprint density at radius 1 is 0.403 bits per heavy atom. The summed E-state index contributed by atoms with van der Waals surface area (Å²) in [7, 11) is 0. The van der Waals surface area contributed by atoms with Crippen LogP contribution in [-0.2, 0) is 4.79 Å². The van der Waals surface area contributed by atoms with E-state index >= 15 is 0 Å². The van der Waals surface area contributed by atoms with Gasteiger partial charge < -0.3 is 15.5 Å². The van der Waals surface area contributed by atoms with Gasteiger partial charge in [0.05, 0.1) is 18.8 Å². The lowest BCUT2D eigenvalue weighted by Crippen LogP contribution is -2.45. The smallest absolute Gasteiger partial charge is 0.220 e. The molecule has 0 fully saturated rings. The summed E-state index contributed by atoms with van der Waals surface area (Å²) in [6.07, 6.45) is 77.4. The number of aliphatic hydroxyl groups excluding tert-OH is 2. The van der Waals surface area contributed by atoms with Gasteiger partial charge >= 0.3 is 0 Å². The first-order valence-corrected chi connectivity index (χ1v) is 26.8. The molecule has 4 nitrogen and oxygen atoms in total. The van der Waals surface area contributed by atoms with Gasteiger partial charge in [-0.1, -0.05) is 259 Å². The number of rotatable bonds is 48. The van der Waals surface area contributed by atoms with Crippen LogP contribution in [0, 0.1) is 0 Å². The summed E-state index contributed by atoms with van der Waals surface area (Å²) < 4.78 is 0. The van der Waals surface area contributed by atoms with Gasteiger partial charge in [-0.2, -0.15) is 0 Å². The number of nitrogens with one attached hydrogen (secondary N) is 1. The molecule has 0 aliphatic rings. The van der Waals surface area contributed by atoms with Crippen LogP contribution in [0.4, 0.5) is 0 Å². The SMILES string of the molecule is CC/C=C\C/C=C\C/C=C\C/C=C\C/C=C\CCCCCCCCCCCCCCCCCCCCCC(=O)NC(CO)C(O)/C=C/CC/C=C/CCCCCCCCCCC. The predicted octanol–water partition coefficient (Wildman–Crippen LogP) is 17.6. The molecule has 0 aromatic carbocycles. The van der Waals surface area contributed by atoms with Crippen LogP contribution < -0.4 is 5.32 Å². The summed E-state index contributed by atoms with van der Waals surface area (Å²) in [5.74, 6) is -0.0738. The van der Waals surface area contributed by atoms with Gasteiger partial charge in [0.2, 0.25) is 5.91 Å². The lowest BCUT2D eigenvalue weighted by Gasteiger charge is -2.19. The van der Waals surface area contributed by atoms with Gasteiger partial charge in [0.1, 0.15) is 0 Å². The van der Waals surface area contributed by atoms with E-state index in [0.717, 1.165) is 64.2 Å². The van der Waals surface area contributed by atoms with Crippen LogP contribution in [0.25, 0.3) is 0 Å². The van der Waals surface area contributed by atoms with Gasteiger partial charge in [-0.05, 0) is 77.0 Å². The predicted molar refractivity (Wildman–Crippen MR) is 276 cm³/mol. The Labute approximate surface area is 386 Å². The summed E-state index contributed by atoms with van der Waals surface area (Å²) in [5.41, 5.74) is 0. The van der Waals surface area contributed by atoms with E-state index < -0.39 is 12.1 Å². The molecule has 62 heavy (non-hydrogen) atoms. The molecule has 1 amide bonds. The van der Waals surface area contributed by atoms with Crippen molar-refractivity contribution in [2.24, 2.45) is 0 Å². The number of aliphatic hydroxyl groups is 2. The molecular formula is C58H103NO3. The lowest BCUT2D eigenvalue weighted by molar-refractivity contribution is -0.123. The molecule has 0 aliphatic carbocycles. The Morgan fingerprint density at radius 3 is 1.13 bits per heavy atom. The topological polar surface area (TPSA) is 69.6 Å². The molecule has 0 aromatic heterocycles. The molecule has 0 saturated heterocycles. The molecule has 0 spiro atoms. The van der Waals surface area contributed by atoms with E-state index in [0.29, 0.717) is 6.42 Å². The van der Waals surface area contributed by atoms with Crippen molar-refractivity contribution in [2.45, 2.75) is 270 Å². The van der Waals surface area contributed by atoms with Gasteiger partial charge in [0, 0.05) is 6.42 Å². The van der Waals surface area contributed by atoms with Crippen LogP contribution in [0.1, 0.15) is 258 Å². The molecule has 358 valence electrons. The van der Waals surface area contributed by atoms with Crippen molar-refractivity contribution in [3.8, 4) is 0 Å². The summed E-state index contributed by atoms with van der Waals surface area (Å²) in [5, 5.41) is 23.1. The summed E-state index contributed by atoms with van der Waals surface area (Å²) in [6, 6.07) is -0.641. The number of allylic oxidation sites excluding steroid dienone is 13. The molecule has 0 bridgehead atoms. The van der Waals surface area contributed by atoms with Gasteiger partial charge in [-0.3, -0.25) is 4.79 Å². The van der Waals surface area contributed by atoms with E-state index in [9.17, 15) is 15.0 Å². The molecule has 4 heteroatoms. The summed E-state index contributed by atoms with van der Waals surface area (Å²) >= 11 is 0. The number of carbonyl (C=O) groups excluding carboxylic acids is 1. The van der Waals surface area contributed by atoms with E-state index in [1.807, 2.05) is 6.08 Å². The first-order chi connectivity index (χ1) is 30.7. The molecule has 2 atom stereocenters. The molecule has 0 aliphatic heterocycles. The van der Waals surface area contributed by atoms with E-state index in [1.54, 1.807) is 6.08 Å². The molecule has 0 aromatic rings. The van der Waals surface area contributed by atoms with Crippen LogP contribution in [-0.4, -0.2) is 34.9 Å². The van der Waals surface area contributed by atoms with Crippen LogP contribution in [0.15, 0.2) is 85.1 Å². The fraction of sp³-hybridized carbons (Fsp3) is 0.741. The number of hydrogen-bond acceptors (Lipinski definition) is 3. The zero-order chi connectivity index (χ0) is 44.9. The quantitative estimate of drug-likeness (QED) is 0.0422. The third-order valence-corrected chi connectivity index (χ3v) is 11.9. The third-order valence-electron chi connectivity index (χ3n) is 11.9. The highest BCUT2D eigenvalue weighted by atomic mass is 16.3. The van der Waals surface area contributed by atoms with Gasteiger partial charge in [0.15, 0.2) is 0 Å². The van der Waals surface area contributed by atoms with Gasteiger partial charge in [-0.15, -0.1) is 0 Å². The van der Waals surface area contributed by atoms with E-state index in [1.165, 1.54) is 173 Å². The lowest BCUT2D eigenvalue weighted by atomic mass is 10.0. The van der Waals surface area contributed by atoms with Crippen LogP contribution in [0.2, 0.25) is 0 Å². The van der Waals surface area contributed by atoms with Crippen molar-refractivity contribution in [2.75, 3.05) is 6.61 Å². The second kappa shape index (κ2) is 52.9. The van der Waals surface area contributed by atoms with Crippen LogP contribution >= 0.6 is 0 Å². The van der Waals surface area contributed by atoms with Crippen molar-refractivity contribution in [1.29, 1.82) is 0 Å². The van der Waals surface area contributed by atoms with E-state index in [-0.39, 0.29) is 12.5 Å². The molecule has 3 N–H and O–H groups in total. The molecule has 0 rings (SSSR count). The number of unbranched alkanes of at least 4 members (excludes halogenated alkanes) is 29. The average molecular weight is 862 g/mol. The first-order valence-electron chi connectivity index (χ1n) is 26.8. The number of carbonyl (C=O) groups is 1. The Hall–Kier alpha value is -2.43. The van der Waals surface area contributed by atoms with Crippen molar-refractivity contribution >= 4 is 5.91 Å². The highest BCUT2D eigenvalue weighted by molar-refractivity contribution is 5.76. The van der Waals surface area contributed by atoms with E-state index in [4.69, 9.17) is 0 Å². The van der Waals surface area contributed by atoms with Crippen LogP contribution in [0.5, 0.6) is 0 Å². The maximum absolute atomic E-state index is 12.4. The first kappa shape index (κ1) is 59.6. The second-order valence-corrected chi connectivity index (χ2v) is 17.9. The molecule has 0 radical (unpaired) electrons. The minimum Gasteiger partial charge on any atom is -0.394 e. The van der Waals surface area contributed by atoms with E-state index in [2.05, 4.69) is 92.1 Å². The van der Waals surface area contributed by atoms with Crippen molar-refractivity contribution in [3.05, 3.63) is 85.1 Å². The second-order valence-electron chi connectivity index (χ2n) is 17.9. The Balaban J connectivity index is 3.49. The van der Waals surface area contributed by atoms with Crippen molar-refractivity contribution in [3.63, 3.8) is 0 Å². The largest absolute Gasteiger partial charge is 0.394 e. The average Bonchev–Trinajstić information content (AvgIpc) is 3.28. The normalized spacial score (nSPS) is 13.5. The van der Waals surface area contributed by atoms with Gasteiger partial charge in [0.25, 0.3) is 0 Å². The van der Waals surface area contributed by atoms with Crippen LogP contribution in [0.3, 0.4) is 0 Å². The zero-order valence-electron chi connectivity index (χ0n) is 41.1. The maximum atomic E-state index is 12.4. The molecule has 0 heterocycles. The Morgan fingerprint density at radius 2 is 0.726 bits per heavy atom. The maximum Gasteiger partial charge on any atom is 0.220 e. The monoisotopic (exact) mass is 862 g/mol. The molecule has 2 unspecified atom stereocenters. The highest BCUT2D eigenvalue weighted by Gasteiger charge is 2.17. The summed E-state index contributed by atoms with van der Waals surface area (Å²) in [4.78, 5) is 12.4. The fourth-order valence-electron chi connectivity index (χ4n) is 7.81. The highest BCUT2D eigenvalue weighted by Crippen LogP contribution is 2.16. The standard InChI is InChI=1S/C58H103NO3/c1-3-5-7-9-11-13-15-17-19-20-21-22-23-24-25-26-27-28-29-30-31-32-33-34-35-36-37-38-40-42-44-46-48-50-52-54-58(62)59-56(55-60)57(61)53-51-49-47-45-43-41-39-18-16-14-12-10-8-6-4-2/h5,7,11,13,17,19,21-22,24-25,43,45,51,53,56-57,60-61H,3-4,6,8-10,12,14-16,18,20,23,26-42,44,46-50,52,54-55H2,1-2H3,(H,59,62)/b7-5-,13-11-,19-17-,22-21-,25-24-,45-43+,53-51+.